The van der Waals surface area contributed by atoms with E-state index in [-0.39, 0.29) is 22.8 Å². The second-order valence-corrected chi connectivity index (χ2v) is 12.9. The Labute approximate surface area is 295 Å². The number of carbonyl (C=O) groups excluding carboxylic acids is 2. The number of thioether (sulfide) groups is 1. The van der Waals surface area contributed by atoms with Gasteiger partial charge in [-0.05, 0) is 31.2 Å². The number of nitrogens with zero attached hydrogens (tertiary/aromatic N) is 4. The third-order valence-corrected chi connectivity index (χ3v) is 9.76. The number of anilines is 1. The summed E-state index contributed by atoms with van der Waals surface area (Å²) in [5.74, 6) is -4.36. The van der Waals surface area contributed by atoms with Gasteiger partial charge in [0, 0.05) is 79.8 Å². The number of likely N-dealkylation sites (N-methyl/N-ethyl adjacent to an activating group) is 1. The van der Waals surface area contributed by atoms with Crippen LogP contribution in [-0.2, 0) is 4.79 Å². The average molecular weight is 729 g/mol. The van der Waals surface area contributed by atoms with E-state index in [0.717, 1.165) is 80.7 Å². The summed E-state index contributed by atoms with van der Waals surface area (Å²) in [4.78, 5) is 34.4. The number of benzene rings is 3. The molecule has 0 radical (unpaired) electrons. The van der Waals surface area contributed by atoms with E-state index in [9.17, 15) is 18.4 Å². The van der Waals surface area contributed by atoms with Crippen molar-refractivity contribution in [2.75, 3.05) is 64.1 Å². The van der Waals surface area contributed by atoms with E-state index in [1.807, 2.05) is 0 Å². The minimum absolute atomic E-state index is 0.0248. The number of hydrogen-bond donors (Lipinski definition) is 2. The molecule has 3 aromatic carbocycles. The van der Waals surface area contributed by atoms with Gasteiger partial charge in [-0.15, -0.1) is 11.8 Å². The Morgan fingerprint density at radius 2 is 1.69 bits per heavy atom. The highest BCUT2D eigenvalue weighted by atomic mass is 32.2. The molecule has 11 nitrogen and oxygen atoms in total. The Morgan fingerprint density at radius 1 is 0.941 bits per heavy atom. The first-order valence-electron chi connectivity index (χ1n) is 16.3. The number of carbonyl (C=O) groups is 2. The van der Waals surface area contributed by atoms with Crippen LogP contribution in [0.2, 0.25) is 0 Å². The highest BCUT2D eigenvalue weighted by Crippen LogP contribution is 2.40. The number of hydrogen-bond acceptors (Lipinski definition) is 9. The monoisotopic (exact) mass is 728 g/mol. The van der Waals surface area contributed by atoms with Crippen molar-refractivity contribution in [1.29, 1.82) is 0 Å². The van der Waals surface area contributed by atoms with Gasteiger partial charge >= 0.3 is 6.03 Å². The number of ether oxygens (including phenoxy) is 3. The van der Waals surface area contributed by atoms with Crippen LogP contribution in [0.1, 0.15) is 24.3 Å². The molecule has 6 rings (SSSR count). The quantitative estimate of drug-likeness (QED) is 0.128. The molecule has 0 saturated carbocycles. The van der Waals surface area contributed by atoms with Gasteiger partial charge in [-0.3, -0.25) is 9.78 Å². The summed E-state index contributed by atoms with van der Waals surface area (Å²) >= 11 is 1.01. The molecule has 0 unspecified atom stereocenters. The fourth-order valence-electron chi connectivity index (χ4n) is 5.87. The van der Waals surface area contributed by atoms with Crippen molar-refractivity contribution >= 4 is 40.3 Å². The molecule has 4 aromatic rings. The number of halogens is 4. The Morgan fingerprint density at radius 3 is 2.39 bits per heavy atom. The van der Waals surface area contributed by atoms with Crippen LogP contribution in [0.3, 0.4) is 0 Å². The number of aromatic nitrogens is 1. The van der Waals surface area contributed by atoms with Crippen LogP contribution in [0.4, 0.5) is 28.0 Å². The van der Waals surface area contributed by atoms with E-state index in [4.69, 9.17) is 14.2 Å². The summed E-state index contributed by atoms with van der Waals surface area (Å²) in [6.45, 7) is 8.78. The van der Waals surface area contributed by atoms with E-state index in [2.05, 4.69) is 32.5 Å². The van der Waals surface area contributed by atoms with Gasteiger partial charge in [0.15, 0.2) is 28.9 Å². The molecule has 1 aromatic heterocycles. The Balaban J connectivity index is 1.10. The molecule has 2 fully saturated rings. The molecule has 3 amide bonds. The average Bonchev–Trinajstić information content (AvgIpc) is 3.46. The van der Waals surface area contributed by atoms with Crippen molar-refractivity contribution in [3.8, 4) is 23.0 Å². The molecule has 270 valence electrons. The summed E-state index contributed by atoms with van der Waals surface area (Å²) in [7, 11) is 1.49. The number of fused-ring (bicyclic) bond motifs is 1. The first-order valence-corrected chi connectivity index (χ1v) is 17.4. The minimum Gasteiger partial charge on any atom is -0.493 e. The van der Waals surface area contributed by atoms with E-state index >= 15 is 8.78 Å². The summed E-state index contributed by atoms with van der Waals surface area (Å²) in [6, 6.07) is 8.28. The zero-order chi connectivity index (χ0) is 36.1. The fraction of sp³-hybridized carbons (Fsp3) is 0.343. The molecular formula is C35H36F4N6O5S. The third kappa shape index (κ3) is 8.40. The first kappa shape index (κ1) is 36.0. The van der Waals surface area contributed by atoms with Crippen molar-refractivity contribution in [3.05, 3.63) is 83.6 Å². The van der Waals surface area contributed by atoms with Gasteiger partial charge in [0.05, 0.1) is 25.0 Å². The molecule has 0 bridgehead atoms. The topological polar surface area (TPSA) is 109 Å². The predicted octanol–water partition coefficient (Wildman–Crippen LogP) is 6.31. The maximum absolute atomic E-state index is 15.3. The molecule has 2 saturated heterocycles. The molecule has 1 atom stereocenters. The Hall–Kier alpha value is -4.80. The van der Waals surface area contributed by atoms with Gasteiger partial charge in [0.1, 0.15) is 22.8 Å². The molecular weight excluding hydrogens is 692 g/mol. The van der Waals surface area contributed by atoms with Gasteiger partial charge in [-0.25, -0.2) is 32.8 Å². The SMILES string of the molecule is CCN1CCN(CCCOc2cc3nccc(Oc4c(F)cc(NC(=O)NN5C(=O)CS[C@H]5c5ccc(F)cc5F)cc4F)c3cc2OC)CC1. The number of nitrogens with one attached hydrogen (secondary N) is 2. The lowest BCUT2D eigenvalue weighted by Crippen LogP contribution is -2.46. The summed E-state index contributed by atoms with van der Waals surface area (Å²) in [5.41, 5.74) is 2.41. The summed E-state index contributed by atoms with van der Waals surface area (Å²) in [5, 5.41) is 2.56. The fourth-order valence-corrected chi connectivity index (χ4v) is 7.00. The predicted molar refractivity (Wildman–Crippen MR) is 184 cm³/mol. The van der Waals surface area contributed by atoms with Crippen LogP contribution >= 0.6 is 11.8 Å². The van der Waals surface area contributed by atoms with Crippen LogP contribution in [0.25, 0.3) is 10.9 Å². The number of rotatable bonds is 12. The second-order valence-electron chi connectivity index (χ2n) is 11.8. The molecule has 2 aliphatic heterocycles. The Kier molecular flexibility index (Phi) is 11.3. The van der Waals surface area contributed by atoms with E-state index in [0.29, 0.717) is 35.1 Å². The van der Waals surface area contributed by atoms with Crippen LogP contribution in [0.15, 0.2) is 54.7 Å². The maximum Gasteiger partial charge on any atom is 0.338 e. The lowest BCUT2D eigenvalue weighted by Gasteiger charge is -2.33. The van der Waals surface area contributed by atoms with Gasteiger partial charge in [0.25, 0.3) is 5.91 Å². The van der Waals surface area contributed by atoms with E-state index < -0.39 is 46.3 Å². The number of hydrazine groups is 1. The van der Waals surface area contributed by atoms with Crippen LogP contribution in [0, 0.1) is 23.3 Å². The highest BCUT2D eigenvalue weighted by Gasteiger charge is 2.36. The first-order chi connectivity index (χ1) is 24.6. The molecule has 51 heavy (non-hydrogen) atoms. The maximum atomic E-state index is 15.3. The van der Waals surface area contributed by atoms with Crippen molar-refractivity contribution in [2.24, 2.45) is 0 Å². The van der Waals surface area contributed by atoms with E-state index in [1.54, 1.807) is 12.1 Å². The number of amides is 3. The van der Waals surface area contributed by atoms with Crippen LogP contribution in [0.5, 0.6) is 23.0 Å². The molecule has 3 heterocycles. The zero-order valence-corrected chi connectivity index (χ0v) is 28.7. The van der Waals surface area contributed by atoms with E-state index in [1.165, 1.54) is 25.4 Å². The lowest BCUT2D eigenvalue weighted by atomic mass is 10.1. The molecule has 0 aliphatic carbocycles. The van der Waals surface area contributed by atoms with Crippen LogP contribution in [-0.4, -0.2) is 90.5 Å². The second kappa shape index (κ2) is 16.0. The third-order valence-electron chi connectivity index (χ3n) is 8.56. The number of pyridine rings is 1. The zero-order valence-electron chi connectivity index (χ0n) is 27.9. The molecule has 2 aliphatic rings. The van der Waals surface area contributed by atoms with Gasteiger partial charge in [0.2, 0.25) is 0 Å². The lowest BCUT2D eigenvalue weighted by molar-refractivity contribution is -0.130. The highest BCUT2D eigenvalue weighted by molar-refractivity contribution is 8.00. The van der Waals surface area contributed by atoms with Crippen molar-refractivity contribution in [3.63, 3.8) is 0 Å². The number of piperazine rings is 1. The standard InChI is InChI=1S/C35H36F4N6O5S/c1-3-43-10-12-44(13-11-43)9-4-14-49-31-19-28-24(18-30(31)48-2)29(7-8-40-28)50-33-26(38)16-22(17-27(33)39)41-35(47)42-45-32(46)20-51-34(45)23-6-5-21(36)15-25(23)37/h5-8,15-19,34H,3-4,9-14,20H2,1-2H3,(H2,41,42,47)/t34-/m0/s1. The molecule has 16 heteroatoms. The Bertz CT molecular complexity index is 1890. The minimum atomic E-state index is -1.13. The van der Waals surface area contributed by atoms with Gasteiger partial charge in [-0.2, -0.15) is 0 Å². The van der Waals surface area contributed by atoms with Gasteiger partial charge < -0.3 is 29.3 Å². The normalized spacial score (nSPS) is 16.8. The number of methoxy groups -OCH3 is 1. The molecule has 0 spiro atoms. The van der Waals surface area contributed by atoms with Gasteiger partial charge in [-0.1, -0.05) is 13.0 Å². The summed E-state index contributed by atoms with van der Waals surface area (Å²) in [6.07, 6.45) is 2.25. The number of urea groups is 1. The van der Waals surface area contributed by atoms with Crippen molar-refractivity contribution < 1.29 is 41.4 Å². The van der Waals surface area contributed by atoms with Crippen molar-refractivity contribution in [1.82, 2.24) is 25.2 Å². The smallest absolute Gasteiger partial charge is 0.338 e. The summed E-state index contributed by atoms with van der Waals surface area (Å²) < 4.78 is 75.7. The van der Waals surface area contributed by atoms with Crippen molar-refractivity contribution in [2.45, 2.75) is 18.7 Å². The largest absolute Gasteiger partial charge is 0.493 e. The molecule has 2 N–H and O–H groups in total. The van der Waals surface area contributed by atoms with Crippen LogP contribution < -0.4 is 25.0 Å².